The van der Waals surface area contributed by atoms with Gasteiger partial charge < -0.3 is 105 Å². The third kappa shape index (κ3) is 7.44. The van der Waals surface area contributed by atoms with E-state index in [1.54, 1.807) is 0 Å². The van der Waals surface area contributed by atoms with Gasteiger partial charge in [0.15, 0.2) is 25.2 Å². The molecule has 0 amide bonds. The molecule has 4 fully saturated rings. The summed E-state index contributed by atoms with van der Waals surface area (Å²) in [5.74, 6) is 0. The van der Waals surface area contributed by atoms with Gasteiger partial charge in [-0.15, -0.1) is 0 Å². The quantitative estimate of drug-likeness (QED) is 0.103. The predicted octanol–water partition coefficient (Wildman–Crippen LogP) is -9.75. The van der Waals surface area contributed by atoms with Crippen LogP contribution in [-0.2, 0) is 33.2 Å². The van der Waals surface area contributed by atoms with Crippen LogP contribution in [0.1, 0.15) is 0 Å². The van der Waals surface area contributed by atoms with E-state index in [1.165, 1.54) is 0 Å². The fraction of sp³-hybridized carbons (Fsp3) is 1.00. The first-order chi connectivity index (χ1) is 21.3. The lowest BCUT2D eigenvalue weighted by atomic mass is 9.96. The maximum atomic E-state index is 11.1. The molecule has 4 heterocycles. The molecule has 4 saturated heterocycles. The summed E-state index contributed by atoms with van der Waals surface area (Å²) in [6.07, 6.45) is -36.3. The lowest BCUT2D eigenvalue weighted by Gasteiger charge is -2.49. The Balaban J connectivity index is 1.56. The SMILES string of the molecule is OC[C@H]1O[C@H](O[C@@H]2[C@H](O)[C@@H](O[C@@H]3[C@@H](O[C@H]4[C@@H](O)[C@H](O)[C@@H](CO)O[C@H]4O)O[C@H](CO)[C@@H](O)[C@@H]3O)O[C@H](CO)[C@H]2O)[C@@H](O)[C@@H](O)[C@@H]1O. The van der Waals surface area contributed by atoms with Crippen molar-refractivity contribution in [3.8, 4) is 0 Å². The van der Waals surface area contributed by atoms with Gasteiger partial charge in [-0.1, -0.05) is 0 Å². The van der Waals surface area contributed by atoms with E-state index >= 15 is 0 Å². The largest absolute Gasteiger partial charge is 0.394 e. The Morgan fingerprint density at radius 1 is 0.333 bits per heavy atom. The fourth-order valence-corrected chi connectivity index (χ4v) is 5.50. The summed E-state index contributed by atoms with van der Waals surface area (Å²) in [6, 6.07) is 0. The summed E-state index contributed by atoms with van der Waals surface area (Å²) in [4.78, 5) is 0. The van der Waals surface area contributed by atoms with Crippen LogP contribution in [0.5, 0.6) is 0 Å². The van der Waals surface area contributed by atoms with Gasteiger partial charge in [-0.05, 0) is 0 Å². The van der Waals surface area contributed by atoms with Crippen LogP contribution >= 0.6 is 0 Å². The first-order valence-electron chi connectivity index (χ1n) is 14.1. The maximum absolute atomic E-state index is 11.1. The van der Waals surface area contributed by atoms with Gasteiger partial charge in [0.1, 0.15) is 97.7 Å². The van der Waals surface area contributed by atoms with Crippen LogP contribution in [-0.4, -0.2) is 221 Å². The second-order valence-electron chi connectivity index (χ2n) is 11.1. The van der Waals surface area contributed by atoms with Gasteiger partial charge in [-0.25, -0.2) is 0 Å². The zero-order chi connectivity index (χ0) is 33.3. The second kappa shape index (κ2) is 15.6. The van der Waals surface area contributed by atoms with Crippen LogP contribution in [0.15, 0.2) is 0 Å². The molecule has 21 heteroatoms. The van der Waals surface area contributed by atoms with E-state index in [0.29, 0.717) is 0 Å². The van der Waals surface area contributed by atoms with Gasteiger partial charge in [0.05, 0.1) is 26.4 Å². The van der Waals surface area contributed by atoms with Crippen LogP contribution in [0.4, 0.5) is 0 Å². The van der Waals surface area contributed by atoms with E-state index in [0.717, 1.165) is 0 Å². The summed E-state index contributed by atoms with van der Waals surface area (Å²) >= 11 is 0. The van der Waals surface area contributed by atoms with Gasteiger partial charge in [0, 0.05) is 0 Å². The zero-order valence-electron chi connectivity index (χ0n) is 23.5. The van der Waals surface area contributed by atoms with E-state index in [-0.39, 0.29) is 0 Å². The smallest absolute Gasteiger partial charge is 0.187 e. The molecule has 0 bridgehead atoms. The van der Waals surface area contributed by atoms with E-state index in [4.69, 9.17) is 33.2 Å². The number of aliphatic hydroxyl groups is 14. The van der Waals surface area contributed by atoms with Crippen molar-refractivity contribution in [1.29, 1.82) is 0 Å². The zero-order valence-corrected chi connectivity index (χ0v) is 23.5. The van der Waals surface area contributed by atoms with Crippen molar-refractivity contribution >= 4 is 0 Å². The molecule has 0 radical (unpaired) electrons. The third-order valence-electron chi connectivity index (χ3n) is 8.21. The molecule has 0 aromatic carbocycles. The summed E-state index contributed by atoms with van der Waals surface area (Å²) < 4.78 is 37.9. The highest BCUT2D eigenvalue weighted by molar-refractivity contribution is 4.97. The molecular formula is C24H42O21. The molecule has 4 rings (SSSR count). The van der Waals surface area contributed by atoms with Crippen molar-refractivity contribution in [2.75, 3.05) is 26.4 Å². The predicted molar refractivity (Wildman–Crippen MR) is 134 cm³/mol. The van der Waals surface area contributed by atoms with Gasteiger partial charge in [-0.2, -0.15) is 0 Å². The summed E-state index contributed by atoms with van der Waals surface area (Å²) in [5.41, 5.74) is 0. The van der Waals surface area contributed by atoms with E-state index in [9.17, 15) is 71.5 Å². The van der Waals surface area contributed by atoms with E-state index in [1.807, 2.05) is 0 Å². The Kier molecular flexibility index (Phi) is 12.8. The number of aliphatic hydroxyl groups excluding tert-OH is 14. The normalized spacial score (nSPS) is 52.9. The minimum absolute atomic E-state index is 0.785. The lowest BCUT2D eigenvalue weighted by molar-refractivity contribution is -0.399. The van der Waals surface area contributed by atoms with Crippen molar-refractivity contribution in [3.63, 3.8) is 0 Å². The summed E-state index contributed by atoms with van der Waals surface area (Å²) in [6.45, 7) is -3.39. The van der Waals surface area contributed by atoms with Gasteiger partial charge in [-0.3, -0.25) is 0 Å². The first kappa shape index (κ1) is 37.0. The number of ether oxygens (including phenoxy) is 7. The second-order valence-corrected chi connectivity index (χ2v) is 11.1. The van der Waals surface area contributed by atoms with Crippen LogP contribution in [0.3, 0.4) is 0 Å². The molecule has 0 aromatic heterocycles. The molecular weight excluding hydrogens is 624 g/mol. The fourth-order valence-electron chi connectivity index (χ4n) is 5.50. The Hall–Kier alpha value is -0.840. The third-order valence-corrected chi connectivity index (χ3v) is 8.21. The van der Waals surface area contributed by atoms with Crippen LogP contribution < -0.4 is 0 Å². The topological polar surface area (TPSA) is 348 Å². The number of hydrogen-bond donors (Lipinski definition) is 14. The number of hydrogen-bond acceptors (Lipinski definition) is 21. The van der Waals surface area contributed by atoms with Gasteiger partial charge in [0.2, 0.25) is 0 Å². The molecule has 21 nitrogen and oxygen atoms in total. The average molecular weight is 667 g/mol. The molecule has 20 atom stereocenters. The van der Waals surface area contributed by atoms with Crippen molar-refractivity contribution in [3.05, 3.63) is 0 Å². The molecule has 0 aliphatic carbocycles. The van der Waals surface area contributed by atoms with Crippen molar-refractivity contribution in [1.82, 2.24) is 0 Å². The van der Waals surface area contributed by atoms with Gasteiger partial charge >= 0.3 is 0 Å². The lowest BCUT2D eigenvalue weighted by Crippen LogP contribution is -2.67. The molecule has 0 unspecified atom stereocenters. The molecule has 45 heavy (non-hydrogen) atoms. The van der Waals surface area contributed by atoms with Crippen LogP contribution in [0, 0.1) is 0 Å². The highest BCUT2D eigenvalue weighted by Crippen LogP contribution is 2.34. The Bertz CT molecular complexity index is 916. The van der Waals surface area contributed by atoms with E-state index in [2.05, 4.69) is 0 Å². The van der Waals surface area contributed by atoms with Crippen molar-refractivity contribution in [2.45, 2.75) is 123 Å². The minimum atomic E-state index is -2.07. The van der Waals surface area contributed by atoms with Crippen LogP contribution in [0.25, 0.3) is 0 Å². The summed E-state index contributed by atoms with van der Waals surface area (Å²) in [7, 11) is 0. The molecule has 264 valence electrons. The average Bonchev–Trinajstić information content (AvgIpc) is 3.03. The highest BCUT2D eigenvalue weighted by Gasteiger charge is 2.55. The summed E-state index contributed by atoms with van der Waals surface area (Å²) in [5, 5.41) is 143. The van der Waals surface area contributed by atoms with Crippen LogP contribution in [0.2, 0.25) is 0 Å². The molecule has 14 N–H and O–H groups in total. The van der Waals surface area contributed by atoms with E-state index < -0.39 is 149 Å². The standard InChI is InChI=1S/C24H42O21/c25-1-5-10(30)14(34)19(21(38)39-5)44-24-20(15(35)11(31)7(3-27)42-24)45-23-17(37)18(12(32)8(4-28)41-23)43-22-16(36)13(33)9(29)6(2-26)40-22/h5-38H,1-4H2/t5-,6-,7-,8-,9-,10-,11-,12-,13+,14+,15+,16+,17+,18+,19+,20+,21-,22-,23-,24-/m1/s1. The minimum Gasteiger partial charge on any atom is -0.394 e. The molecule has 0 spiro atoms. The van der Waals surface area contributed by atoms with Crippen molar-refractivity contribution < 1.29 is 105 Å². The maximum Gasteiger partial charge on any atom is 0.187 e. The first-order valence-corrected chi connectivity index (χ1v) is 14.1. The van der Waals surface area contributed by atoms with Crippen molar-refractivity contribution in [2.24, 2.45) is 0 Å². The number of rotatable bonds is 10. The Morgan fingerprint density at radius 2 is 0.711 bits per heavy atom. The highest BCUT2D eigenvalue weighted by atomic mass is 16.8. The molecule has 4 aliphatic rings. The molecule has 4 aliphatic heterocycles. The molecule has 0 saturated carbocycles. The Labute approximate surface area is 254 Å². The molecule has 0 aromatic rings. The monoisotopic (exact) mass is 666 g/mol. The Morgan fingerprint density at radius 3 is 1.24 bits per heavy atom. The van der Waals surface area contributed by atoms with Gasteiger partial charge in [0.25, 0.3) is 0 Å².